The van der Waals surface area contributed by atoms with Gasteiger partial charge in [-0.1, -0.05) is 0 Å². The number of ether oxygens (including phenoxy) is 2. The lowest BCUT2D eigenvalue weighted by Gasteiger charge is -2.24. The Labute approximate surface area is 85.3 Å². The first-order valence-corrected chi connectivity index (χ1v) is 5.55. The molecule has 0 aromatic rings. The molecule has 2 fully saturated rings. The van der Waals surface area contributed by atoms with Crippen molar-refractivity contribution in [2.24, 2.45) is 5.92 Å². The van der Waals surface area contributed by atoms with E-state index >= 15 is 0 Å². The van der Waals surface area contributed by atoms with Crippen LogP contribution in [-0.2, 0) is 9.47 Å². The van der Waals surface area contributed by atoms with E-state index in [-0.39, 0.29) is 0 Å². The van der Waals surface area contributed by atoms with Gasteiger partial charge in [0.15, 0.2) is 0 Å². The van der Waals surface area contributed by atoms with Crippen molar-refractivity contribution in [3.05, 3.63) is 0 Å². The van der Waals surface area contributed by atoms with E-state index in [2.05, 4.69) is 10.6 Å². The van der Waals surface area contributed by atoms with Crippen molar-refractivity contribution >= 4 is 0 Å². The van der Waals surface area contributed by atoms with Gasteiger partial charge in [-0.25, -0.2) is 0 Å². The van der Waals surface area contributed by atoms with Gasteiger partial charge in [0.2, 0.25) is 0 Å². The minimum absolute atomic E-state index is 0.492. The molecule has 0 aromatic carbocycles. The summed E-state index contributed by atoms with van der Waals surface area (Å²) in [4.78, 5) is 0. The molecule has 4 nitrogen and oxygen atoms in total. The Morgan fingerprint density at radius 3 is 2.79 bits per heavy atom. The molecule has 0 amide bonds. The van der Waals surface area contributed by atoms with Gasteiger partial charge >= 0.3 is 0 Å². The highest BCUT2D eigenvalue weighted by Gasteiger charge is 2.16. The lowest BCUT2D eigenvalue weighted by atomic mass is 10.1. The first-order valence-electron chi connectivity index (χ1n) is 5.55. The third-order valence-corrected chi connectivity index (χ3v) is 2.85. The zero-order valence-electron chi connectivity index (χ0n) is 8.63. The zero-order valence-corrected chi connectivity index (χ0v) is 8.63. The van der Waals surface area contributed by atoms with E-state index in [0.717, 1.165) is 52.0 Å². The van der Waals surface area contributed by atoms with Crippen LogP contribution in [0.25, 0.3) is 0 Å². The van der Waals surface area contributed by atoms with Gasteiger partial charge in [0.1, 0.15) is 0 Å². The Balaban J connectivity index is 1.52. The fourth-order valence-corrected chi connectivity index (χ4v) is 1.96. The summed E-state index contributed by atoms with van der Waals surface area (Å²) in [5.41, 5.74) is 0. The van der Waals surface area contributed by atoms with Gasteiger partial charge in [-0.05, 0) is 12.3 Å². The second-order valence-electron chi connectivity index (χ2n) is 4.11. The van der Waals surface area contributed by atoms with Gasteiger partial charge in [0.25, 0.3) is 0 Å². The number of nitrogens with one attached hydrogen (secondary N) is 2. The maximum absolute atomic E-state index is 5.38. The Bertz CT molecular complexity index is 154. The summed E-state index contributed by atoms with van der Waals surface area (Å²) in [5, 5.41) is 6.90. The molecule has 2 N–H and O–H groups in total. The fraction of sp³-hybridized carbons (Fsp3) is 1.00. The lowest BCUT2D eigenvalue weighted by molar-refractivity contribution is 0.0763. The molecule has 0 aromatic heterocycles. The topological polar surface area (TPSA) is 42.5 Å². The summed E-state index contributed by atoms with van der Waals surface area (Å²) in [6.45, 7) is 6.65. The average molecular weight is 200 g/mol. The van der Waals surface area contributed by atoms with E-state index < -0.39 is 0 Å². The van der Waals surface area contributed by atoms with Crippen LogP contribution in [0.4, 0.5) is 0 Å². The molecule has 82 valence electrons. The Hall–Kier alpha value is -0.160. The Morgan fingerprint density at radius 1 is 1.14 bits per heavy atom. The summed E-state index contributed by atoms with van der Waals surface area (Å²) in [6, 6.07) is 0.492. The van der Waals surface area contributed by atoms with Crippen molar-refractivity contribution in [1.29, 1.82) is 0 Å². The van der Waals surface area contributed by atoms with Crippen molar-refractivity contribution in [2.75, 3.05) is 46.1 Å². The summed E-state index contributed by atoms with van der Waals surface area (Å²) in [6.07, 6.45) is 1.21. The Kier molecular flexibility index (Phi) is 4.19. The highest BCUT2D eigenvalue weighted by molar-refractivity contribution is 4.74. The normalized spacial score (nSPS) is 33.4. The van der Waals surface area contributed by atoms with Crippen LogP contribution in [0.3, 0.4) is 0 Å². The zero-order chi connectivity index (χ0) is 9.64. The van der Waals surface area contributed by atoms with Crippen LogP contribution in [0.1, 0.15) is 6.42 Å². The van der Waals surface area contributed by atoms with Crippen molar-refractivity contribution in [2.45, 2.75) is 12.5 Å². The highest BCUT2D eigenvalue weighted by Crippen LogP contribution is 2.10. The molecule has 0 aliphatic carbocycles. The monoisotopic (exact) mass is 200 g/mol. The molecule has 2 heterocycles. The summed E-state index contributed by atoms with van der Waals surface area (Å²) >= 11 is 0. The van der Waals surface area contributed by atoms with Gasteiger partial charge in [0, 0.05) is 32.3 Å². The number of rotatable bonds is 4. The second kappa shape index (κ2) is 5.66. The number of morpholine rings is 1. The van der Waals surface area contributed by atoms with Crippen molar-refractivity contribution in [3.8, 4) is 0 Å². The molecule has 2 aliphatic rings. The van der Waals surface area contributed by atoms with Crippen LogP contribution >= 0.6 is 0 Å². The van der Waals surface area contributed by atoms with Crippen molar-refractivity contribution in [1.82, 2.24) is 10.6 Å². The van der Waals surface area contributed by atoms with E-state index in [4.69, 9.17) is 9.47 Å². The van der Waals surface area contributed by atoms with Crippen LogP contribution in [0.5, 0.6) is 0 Å². The number of hydrogen-bond donors (Lipinski definition) is 2. The third kappa shape index (κ3) is 3.20. The SMILES string of the molecule is C1COCC(CNCC2CCOC2)N1. The van der Waals surface area contributed by atoms with Crippen LogP contribution in [0.2, 0.25) is 0 Å². The highest BCUT2D eigenvalue weighted by atomic mass is 16.5. The standard InChI is InChI=1S/C10H20N2O2/c1-3-13-7-9(1)5-11-6-10-8-14-4-2-12-10/h9-12H,1-8H2. The molecule has 2 unspecified atom stereocenters. The van der Waals surface area contributed by atoms with E-state index in [0.29, 0.717) is 6.04 Å². The van der Waals surface area contributed by atoms with Gasteiger partial charge < -0.3 is 20.1 Å². The first-order chi connectivity index (χ1) is 6.95. The summed E-state index contributed by atoms with van der Waals surface area (Å²) in [7, 11) is 0. The summed E-state index contributed by atoms with van der Waals surface area (Å²) < 4.78 is 10.7. The second-order valence-corrected chi connectivity index (χ2v) is 4.11. The molecule has 0 radical (unpaired) electrons. The van der Waals surface area contributed by atoms with E-state index in [1.54, 1.807) is 0 Å². The number of hydrogen-bond acceptors (Lipinski definition) is 4. The molecule has 2 saturated heterocycles. The molecule has 2 aliphatic heterocycles. The first kappa shape index (κ1) is 10.4. The predicted molar refractivity (Wildman–Crippen MR) is 54.4 cm³/mol. The van der Waals surface area contributed by atoms with Crippen molar-refractivity contribution in [3.63, 3.8) is 0 Å². The third-order valence-electron chi connectivity index (χ3n) is 2.85. The predicted octanol–water partition coefficient (Wildman–Crippen LogP) is -0.399. The van der Waals surface area contributed by atoms with Gasteiger partial charge in [-0.3, -0.25) is 0 Å². The molecule has 2 rings (SSSR count). The smallest absolute Gasteiger partial charge is 0.0632 e. The van der Waals surface area contributed by atoms with Gasteiger partial charge in [0.05, 0.1) is 19.8 Å². The quantitative estimate of drug-likeness (QED) is 0.648. The largest absolute Gasteiger partial charge is 0.381 e. The fourth-order valence-electron chi connectivity index (χ4n) is 1.96. The average Bonchev–Trinajstić information content (AvgIpc) is 2.72. The maximum atomic E-state index is 5.38. The molecular formula is C10H20N2O2. The lowest BCUT2D eigenvalue weighted by Crippen LogP contribution is -2.47. The molecule has 2 atom stereocenters. The molecule has 4 heteroatoms. The summed E-state index contributed by atoms with van der Waals surface area (Å²) in [5.74, 6) is 0.722. The maximum Gasteiger partial charge on any atom is 0.0632 e. The minimum atomic E-state index is 0.492. The van der Waals surface area contributed by atoms with Crippen LogP contribution in [0.15, 0.2) is 0 Å². The molecular weight excluding hydrogens is 180 g/mol. The Morgan fingerprint density at radius 2 is 2.07 bits per heavy atom. The molecule has 14 heavy (non-hydrogen) atoms. The van der Waals surface area contributed by atoms with Crippen LogP contribution in [0, 0.1) is 5.92 Å². The van der Waals surface area contributed by atoms with Crippen LogP contribution < -0.4 is 10.6 Å². The molecule has 0 spiro atoms. The minimum Gasteiger partial charge on any atom is -0.381 e. The van der Waals surface area contributed by atoms with Crippen molar-refractivity contribution < 1.29 is 9.47 Å². The van der Waals surface area contributed by atoms with Gasteiger partial charge in [-0.2, -0.15) is 0 Å². The van der Waals surface area contributed by atoms with Crippen LogP contribution in [-0.4, -0.2) is 52.1 Å². The molecule has 0 saturated carbocycles. The van der Waals surface area contributed by atoms with E-state index in [1.165, 1.54) is 6.42 Å². The molecule has 0 bridgehead atoms. The van der Waals surface area contributed by atoms with Gasteiger partial charge in [-0.15, -0.1) is 0 Å². The van der Waals surface area contributed by atoms with E-state index in [1.807, 2.05) is 0 Å². The van der Waals surface area contributed by atoms with E-state index in [9.17, 15) is 0 Å².